The molecular formula is C20H19N3O3S. The fraction of sp³-hybridized carbons (Fsp3) is 0.150. The van der Waals surface area contributed by atoms with Crippen molar-refractivity contribution in [3.63, 3.8) is 0 Å². The zero-order chi connectivity index (χ0) is 19.6. The van der Waals surface area contributed by atoms with Gasteiger partial charge in [-0.25, -0.2) is 18.4 Å². The van der Waals surface area contributed by atoms with Gasteiger partial charge in [0.05, 0.1) is 4.90 Å². The Kier molecular flexibility index (Phi) is 5.05. The molecule has 0 aliphatic carbocycles. The minimum Gasteiger partial charge on any atom is -0.322 e. The van der Waals surface area contributed by atoms with Gasteiger partial charge in [0.1, 0.15) is 0 Å². The van der Waals surface area contributed by atoms with Gasteiger partial charge in [-0.1, -0.05) is 6.07 Å². The largest absolute Gasteiger partial charge is 0.322 e. The lowest BCUT2D eigenvalue weighted by Crippen LogP contribution is -2.14. The highest BCUT2D eigenvalue weighted by molar-refractivity contribution is 7.90. The van der Waals surface area contributed by atoms with Crippen molar-refractivity contribution in [2.24, 2.45) is 0 Å². The van der Waals surface area contributed by atoms with Crippen LogP contribution in [0.2, 0.25) is 0 Å². The van der Waals surface area contributed by atoms with Gasteiger partial charge in [-0.15, -0.1) is 0 Å². The van der Waals surface area contributed by atoms with E-state index in [1.54, 1.807) is 31.3 Å². The Morgan fingerprint density at radius 1 is 1.00 bits per heavy atom. The van der Waals surface area contributed by atoms with E-state index in [-0.39, 0.29) is 10.8 Å². The second kappa shape index (κ2) is 7.28. The van der Waals surface area contributed by atoms with Crippen molar-refractivity contribution in [3.8, 4) is 11.4 Å². The highest BCUT2D eigenvalue weighted by atomic mass is 32.2. The van der Waals surface area contributed by atoms with E-state index in [2.05, 4.69) is 15.3 Å². The third kappa shape index (κ3) is 4.38. The molecular weight excluding hydrogens is 362 g/mol. The minimum atomic E-state index is -3.38. The van der Waals surface area contributed by atoms with Gasteiger partial charge in [0.25, 0.3) is 5.91 Å². The van der Waals surface area contributed by atoms with Crippen LogP contribution in [0.1, 0.15) is 21.6 Å². The predicted molar refractivity (Wildman–Crippen MR) is 104 cm³/mol. The van der Waals surface area contributed by atoms with E-state index in [0.717, 1.165) is 17.5 Å². The van der Waals surface area contributed by atoms with E-state index in [0.29, 0.717) is 22.6 Å². The number of aromatic nitrogens is 2. The molecule has 0 fully saturated rings. The zero-order valence-corrected chi connectivity index (χ0v) is 16.0. The average Bonchev–Trinajstić information content (AvgIpc) is 2.61. The molecule has 1 N–H and O–H groups in total. The molecule has 138 valence electrons. The fourth-order valence-corrected chi connectivity index (χ4v) is 3.21. The van der Waals surface area contributed by atoms with Gasteiger partial charge in [0, 0.05) is 35.0 Å². The van der Waals surface area contributed by atoms with Crippen LogP contribution in [0, 0.1) is 13.8 Å². The van der Waals surface area contributed by atoms with Gasteiger partial charge in [-0.3, -0.25) is 4.79 Å². The molecule has 0 aliphatic heterocycles. The van der Waals surface area contributed by atoms with Crippen molar-refractivity contribution in [1.29, 1.82) is 0 Å². The lowest BCUT2D eigenvalue weighted by Gasteiger charge is -2.10. The van der Waals surface area contributed by atoms with Crippen molar-refractivity contribution in [1.82, 2.24) is 9.97 Å². The Labute approximate surface area is 158 Å². The maximum absolute atomic E-state index is 12.6. The summed E-state index contributed by atoms with van der Waals surface area (Å²) in [5.74, 6) is 0.252. The van der Waals surface area contributed by atoms with E-state index in [4.69, 9.17) is 0 Å². The van der Waals surface area contributed by atoms with Crippen LogP contribution < -0.4 is 5.32 Å². The van der Waals surface area contributed by atoms with Gasteiger partial charge >= 0.3 is 0 Å². The first kappa shape index (κ1) is 18.7. The Hall–Kier alpha value is -3.06. The third-order valence-corrected chi connectivity index (χ3v) is 5.19. The first-order chi connectivity index (χ1) is 12.7. The molecule has 0 radical (unpaired) electrons. The molecule has 0 bridgehead atoms. The summed E-state index contributed by atoms with van der Waals surface area (Å²) < 4.78 is 23.5. The Balaban J connectivity index is 1.83. The molecule has 0 saturated carbocycles. The van der Waals surface area contributed by atoms with Crippen molar-refractivity contribution in [2.75, 3.05) is 11.6 Å². The van der Waals surface area contributed by atoms with Gasteiger partial charge in [-0.2, -0.15) is 0 Å². The topological polar surface area (TPSA) is 89.0 Å². The molecule has 0 spiro atoms. The van der Waals surface area contributed by atoms with Crippen molar-refractivity contribution >= 4 is 21.4 Å². The van der Waals surface area contributed by atoms with E-state index in [1.807, 2.05) is 25.1 Å². The maximum atomic E-state index is 12.6. The lowest BCUT2D eigenvalue weighted by atomic mass is 10.1. The SMILES string of the molecule is Cc1ccnc(-c2ccc(NC(=O)c3cc(S(C)(=O)=O)ccc3C)cc2)n1. The molecule has 0 unspecified atom stereocenters. The summed E-state index contributed by atoms with van der Waals surface area (Å²) in [6, 6.07) is 13.5. The molecule has 1 amide bonds. The number of nitrogens with one attached hydrogen (secondary N) is 1. The summed E-state index contributed by atoms with van der Waals surface area (Å²) in [6.07, 6.45) is 2.82. The molecule has 0 aliphatic rings. The number of anilines is 1. The Morgan fingerprint density at radius 2 is 1.70 bits per heavy atom. The second-order valence-electron chi connectivity index (χ2n) is 6.30. The molecule has 1 heterocycles. The zero-order valence-electron chi connectivity index (χ0n) is 15.2. The third-order valence-electron chi connectivity index (χ3n) is 4.08. The molecule has 1 aromatic heterocycles. The predicted octanol–water partition coefficient (Wildman–Crippen LogP) is 3.42. The van der Waals surface area contributed by atoms with Crippen LogP contribution in [-0.2, 0) is 9.84 Å². The number of sulfone groups is 1. The summed E-state index contributed by atoms with van der Waals surface area (Å²) in [4.78, 5) is 21.3. The molecule has 7 heteroatoms. The van der Waals surface area contributed by atoms with Crippen LogP contribution >= 0.6 is 0 Å². The van der Waals surface area contributed by atoms with Gasteiger partial charge in [-0.05, 0) is 61.9 Å². The highest BCUT2D eigenvalue weighted by Gasteiger charge is 2.15. The summed E-state index contributed by atoms with van der Waals surface area (Å²) in [5, 5.41) is 2.79. The van der Waals surface area contributed by atoms with E-state index in [9.17, 15) is 13.2 Å². The number of nitrogens with zero attached hydrogens (tertiary/aromatic N) is 2. The molecule has 0 atom stereocenters. The summed E-state index contributed by atoms with van der Waals surface area (Å²) in [6.45, 7) is 3.66. The van der Waals surface area contributed by atoms with E-state index < -0.39 is 9.84 Å². The molecule has 6 nitrogen and oxygen atoms in total. The molecule has 27 heavy (non-hydrogen) atoms. The van der Waals surface area contributed by atoms with Gasteiger partial charge < -0.3 is 5.32 Å². The standard InChI is InChI=1S/C20H19N3O3S/c1-13-4-9-17(27(3,25)26)12-18(13)20(24)23-16-7-5-15(6-8-16)19-21-11-10-14(2)22-19/h4-12H,1-3H3,(H,23,24). The highest BCUT2D eigenvalue weighted by Crippen LogP contribution is 2.20. The first-order valence-corrected chi connectivity index (χ1v) is 10.2. The molecule has 3 aromatic rings. The van der Waals surface area contributed by atoms with Crippen LogP contribution in [0.25, 0.3) is 11.4 Å². The van der Waals surface area contributed by atoms with Gasteiger partial charge in [0.2, 0.25) is 0 Å². The number of hydrogen-bond donors (Lipinski definition) is 1. The number of benzene rings is 2. The van der Waals surface area contributed by atoms with Crippen LogP contribution in [0.4, 0.5) is 5.69 Å². The Morgan fingerprint density at radius 3 is 2.33 bits per heavy atom. The fourth-order valence-electron chi connectivity index (χ4n) is 2.57. The molecule has 3 rings (SSSR count). The van der Waals surface area contributed by atoms with Crippen LogP contribution in [0.15, 0.2) is 59.6 Å². The molecule has 0 saturated heterocycles. The van der Waals surface area contributed by atoms with Crippen molar-refractivity contribution < 1.29 is 13.2 Å². The van der Waals surface area contributed by atoms with Crippen LogP contribution in [0.5, 0.6) is 0 Å². The average molecular weight is 381 g/mol. The summed E-state index contributed by atoms with van der Waals surface area (Å²) >= 11 is 0. The second-order valence-corrected chi connectivity index (χ2v) is 8.32. The number of carbonyl (C=O) groups excluding carboxylic acids is 1. The molecule has 2 aromatic carbocycles. The number of hydrogen-bond acceptors (Lipinski definition) is 5. The van der Waals surface area contributed by atoms with Crippen LogP contribution in [0.3, 0.4) is 0 Å². The van der Waals surface area contributed by atoms with Gasteiger partial charge in [0.15, 0.2) is 15.7 Å². The van der Waals surface area contributed by atoms with Crippen LogP contribution in [-0.4, -0.2) is 30.5 Å². The van der Waals surface area contributed by atoms with E-state index >= 15 is 0 Å². The Bertz CT molecular complexity index is 1110. The quantitative estimate of drug-likeness (QED) is 0.748. The number of aryl methyl sites for hydroxylation is 2. The summed E-state index contributed by atoms with van der Waals surface area (Å²) in [5.41, 5.74) is 3.33. The monoisotopic (exact) mass is 381 g/mol. The van der Waals surface area contributed by atoms with E-state index in [1.165, 1.54) is 12.1 Å². The first-order valence-electron chi connectivity index (χ1n) is 8.26. The number of rotatable bonds is 4. The maximum Gasteiger partial charge on any atom is 0.255 e. The minimum absolute atomic E-state index is 0.116. The summed E-state index contributed by atoms with van der Waals surface area (Å²) in [7, 11) is -3.38. The lowest BCUT2D eigenvalue weighted by molar-refractivity contribution is 0.102. The number of carbonyl (C=O) groups is 1. The normalized spacial score (nSPS) is 11.2. The van der Waals surface area contributed by atoms with Crippen molar-refractivity contribution in [2.45, 2.75) is 18.7 Å². The van der Waals surface area contributed by atoms with Crippen molar-refractivity contribution in [3.05, 3.63) is 71.5 Å². The smallest absolute Gasteiger partial charge is 0.255 e. The number of amides is 1.